The molecular weight excluding hydrogens is 384 g/mol. The molecule has 7 heteroatoms. The number of carbonyl (C=O) groups is 1. The van der Waals surface area contributed by atoms with Gasteiger partial charge in [-0.25, -0.2) is 0 Å². The number of aromatic nitrogens is 2. The van der Waals surface area contributed by atoms with Crippen LogP contribution in [0.3, 0.4) is 0 Å². The molecule has 0 aromatic carbocycles. The molecule has 154 valence electrons. The second-order valence-corrected chi connectivity index (χ2v) is 8.31. The molecule has 0 spiro atoms. The minimum Gasteiger partial charge on any atom is -0.469 e. The van der Waals surface area contributed by atoms with Gasteiger partial charge in [-0.1, -0.05) is 6.07 Å². The van der Waals surface area contributed by atoms with E-state index in [1.54, 1.807) is 0 Å². The van der Waals surface area contributed by atoms with Crippen molar-refractivity contribution < 1.29 is 9.53 Å². The van der Waals surface area contributed by atoms with Crippen LogP contribution >= 0.6 is 12.2 Å². The zero-order valence-electron chi connectivity index (χ0n) is 17.2. The van der Waals surface area contributed by atoms with Gasteiger partial charge in [-0.05, 0) is 69.1 Å². The lowest BCUT2D eigenvalue weighted by molar-refractivity contribution is -0.140. The van der Waals surface area contributed by atoms with Gasteiger partial charge in [0.05, 0.1) is 24.9 Å². The Kier molecular flexibility index (Phi) is 5.58. The fraction of sp³-hybridized carbons (Fsp3) is 0.500. The molecule has 4 rings (SSSR count). The number of carbonyl (C=O) groups excluding carboxylic acids is 1. The first-order valence-corrected chi connectivity index (χ1v) is 10.6. The molecule has 0 bridgehead atoms. The van der Waals surface area contributed by atoms with Gasteiger partial charge in [0, 0.05) is 36.6 Å². The second-order valence-electron chi connectivity index (χ2n) is 7.93. The van der Waals surface area contributed by atoms with Gasteiger partial charge >= 0.3 is 5.97 Å². The summed E-state index contributed by atoms with van der Waals surface area (Å²) >= 11 is 5.71. The predicted molar refractivity (Wildman–Crippen MR) is 116 cm³/mol. The smallest absolute Gasteiger partial charge is 0.305 e. The number of methoxy groups -OCH3 is 1. The average molecular weight is 413 g/mol. The molecule has 2 atom stereocenters. The van der Waals surface area contributed by atoms with Gasteiger partial charge in [0.1, 0.15) is 0 Å². The molecule has 1 N–H and O–H groups in total. The van der Waals surface area contributed by atoms with Gasteiger partial charge in [0.15, 0.2) is 5.11 Å². The molecule has 2 fully saturated rings. The van der Waals surface area contributed by atoms with Crippen molar-refractivity contribution in [3.8, 4) is 0 Å². The lowest BCUT2D eigenvalue weighted by Crippen LogP contribution is -2.31. The molecule has 2 aliphatic rings. The van der Waals surface area contributed by atoms with Crippen LogP contribution in [0.15, 0.2) is 30.5 Å². The monoisotopic (exact) mass is 412 g/mol. The van der Waals surface area contributed by atoms with E-state index in [-0.39, 0.29) is 18.1 Å². The van der Waals surface area contributed by atoms with E-state index in [0.29, 0.717) is 30.5 Å². The number of rotatable bonds is 7. The highest BCUT2D eigenvalue weighted by molar-refractivity contribution is 7.80. The summed E-state index contributed by atoms with van der Waals surface area (Å²) in [6.07, 6.45) is 5.41. The molecule has 2 unspecified atom stereocenters. The summed E-state index contributed by atoms with van der Waals surface area (Å²) < 4.78 is 7.27. The molecular formula is C22H28N4O2S. The third-order valence-electron chi connectivity index (χ3n) is 5.96. The van der Waals surface area contributed by atoms with Crippen molar-refractivity contribution in [1.29, 1.82) is 0 Å². The fourth-order valence-corrected chi connectivity index (χ4v) is 4.81. The van der Waals surface area contributed by atoms with Crippen LogP contribution in [0.4, 0.5) is 0 Å². The van der Waals surface area contributed by atoms with Crippen LogP contribution in [0.5, 0.6) is 0 Å². The van der Waals surface area contributed by atoms with Crippen molar-refractivity contribution in [2.24, 2.45) is 0 Å². The van der Waals surface area contributed by atoms with Crippen LogP contribution < -0.4 is 5.32 Å². The topological polar surface area (TPSA) is 59.4 Å². The maximum Gasteiger partial charge on any atom is 0.305 e. The first-order chi connectivity index (χ1) is 14.0. The second kappa shape index (κ2) is 8.14. The number of ether oxygens (including phenoxy) is 1. The molecule has 1 aliphatic carbocycles. The van der Waals surface area contributed by atoms with Gasteiger partial charge in [0.2, 0.25) is 0 Å². The summed E-state index contributed by atoms with van der Waals surface area (Å²) in [5.41, 5.74) is 4.87. The summed E-state index contributed by atoms with van der Waals surface area (Å²) in [5, 5.41) is 4.21. The Morgan fingerprint density at radius 3 is 2.79 bits per heavy atom. The lowest BCUT2D eigenvalue weighted by Gasteiger charge is -2.28. The summed E-state index contributed by atoms with van der Waals surface area (Å²) in [4.78, 5) is 18.4. The highest BCUT2D eigenvalue weighted by Crippen LogP contribution is 2.44. The maximum absolute atomic E-state index is 11.6. The van der Waals surface area contributed by atoms with E-state index in [0.717, 1.165) is 5.69 Å². The van der Waals surface area contributed by atoms with Crippen LogP contribution in [-0.2, 0) is 9.53 Å². The summed E-state index contributed by atoms with van der Waals surface area (Å²) in [6, 6.07) is 8.95. The van der Waals surface area contributed by atoms with Crippen LogP contribution in [0.1, 0.15) is 66.5 Å². The van der Waals surface area contributed by atoms with Crippen LogP contribution in [0.25, 0.3) is 0 Å². The number of esters is 1. The normalized spacial score (nSPS) is 21.3. The number of nitrogens with zero attached hydrogens (tertiary/aromatic N) is 3. The Bertz CT molecular complexity index is 907. The fourth-order valence-electron chi connectivity index (χ4n) is 4.48. The third kappa shape index (κ3) is 3.88. The summed E-state index contributed by atoms with van der Waals surface area (Å²) in [5.74, 6) is -0.187. The highest BCUT2D eigenvalue weighted by atomic mass is 32.1. The van der Waals surface area contributed by atoms with E-state index in [9.17, 15) is 4.79 Å². The van der Waals surface area contributed by atoms with Gasteiger partial charge in [0.25, 0.3) is 0 Å². The van der Waals surface area contributed by atoms with Gasteiger partial charge in [-0.2, -0.15) is 0 Å². The van der Waals surface area contributed by atoms with Crippen LogP contribution in [0, 0.1) is 13.8 Å². The van der Waals surface area contributed by atoms with Crippen molar-refractivity contribution in [2.75, 3.05) is 13.7 Å². The molecule has 2 aromatic rings. The Morgan fingerprint density at radius 2 is 2.14 bits per heavy atom. The molecule has 3 heterocycles. The number of aryl methyl sites for hydroxylation is 1. The van der Waals surface area contributed by atoms with Crippen molar-refractivity contribution in [2.45, 2.75) is 57.7 Å². The minimum absolute atomic E-state index is 0.0185. The zero-order chi connectivity index (χ0) is 20.5. The molecule has 1 aliphatic heterocycles. The Balaban J connectivity index is 1.68. The zero-order valence-corrected chi connectivity index (χ0v) is 18.0. The molecule has 0 radical (unpaired) electrons. The number of nitrogens with one attached hydrogen (secondary N) is 1. The van der Waals surface area contributed by atoms with Gasteiger partial charge < -0.3 is 19.5 Å². The van der Waals surface area contributed by atoms with E-state index in [4.69, 9.17) is 17.0 Å². The molecule has 6 nitrogen and oxygen atoms in total. The summed E-state index contributed by atoms with van der Waals surface area (Å²) in [6.45, 7) is 5.10. The van der Waals surface area contributed by atoms with E-state index in [1.165, 1.54) is 36.9 Å². The van der Waals surface area contributed by atoms with E-state index < -0.39 is 0 Å². The Labute approximate surface area is 177 Å². The largest absolute Gasteiger partial charge is 0.469 e. The summed E-state index contributed by atoms with van der Waals surface area (Å²) in [7, 11) is 1.43. The van der Waals surface area contributed by atoms with Crippen LogP contribution in [0.2, 0.25) is 0 Å². The first-order valence-electron chi connectivity index (χ1n) is 10.2. The predicted octanol–water partition coefficient (Wildman–Crippen LogP) is 3.76. The molecule has 1 saturated heterocycles. The lowest BCUT2D eigenvalue weighted by atomic mass is 9.96. The van der Waals surface area contributed by atoms with Gasteiger partial charge in [-0.15, -0.1) is 0 Å². The Morgan fingerprint density at radius 1 is 1.34 bits per heavy atom. The number of hydrogen-bond donors (Lipinski definition) is 1. The van der Waals surface area contributed by atoms with Crippen molar-refractivity contribution in [1.82, 2.24) is 19.8 Å². The first kappa shape index (κ1) is 19.9. The van der Waals surface area contributed by atoms with E-state index in [1.807, 2.05) is 24.4 Å². The number of thiocarbonyl (C=S) groups is 1. The SMILES string of the molecule is COC(=O)CCCN1C(=S)NC(c2ccccn2)C1c1cc(C)n(C2CC2)c1C. The molecule has 0 amide bonds. The standard InChI is InChI=1S/C22H28N4O2S/c1-14-13-17(15(2)26(14)16-9-10-16)21-20(18-7-4-5-11-23-18)24-22(29)25(21)12-6-8-19(27)28-3/h4-5,7,11,13,16,20-21H,6,8-10,12H2,1-3H3,(H,24,29). The molecule has 1 saturated carbocycles. The van der Waals surface area contributed by atoms with Crippen molar-refractivity contribution in [3.63, 3.8) is 0 Å². The minimum atomic E-state index is -0.187. The molecule has 29 heavy (non-hydrogen) atoms. The van der Waals surface area contributed by atoms with Crippen LogP contribution in [-0.4, -0.2) is 39.2 Å². The highest BCUT2D eigenvalue weighted by Gasteiger charge is 2.41. The quantitative estimate of drug-likeness (QED) is 0.552. The van der Waals surface area contributed by atoms with Gasteiger partial charge in [-0.3, -0.25) is 9.78 Å². The Hall–Kier alpha value is -2.41. The maximum atomic E-state index is 11.6. The van der Waals surface area contributed by atoms with E-state index >= 15 is 0 Å². The van der Waals surface area contributed by atoms with E-state index in [2.05, 4.69) is 39.7 Å². The molecule has 2 aromatic heterocycles. The van der Waals surface area contributed by atoms with Crippen molar-refractivity contribution in [3.05, 3.63) is 53.1 Å². The van der Waals surface area contributed by atoms with Crippen molar-refractivity contribution >= 4 is 23.3 Å². The average Bonchev–Trinajstić information content (AvgIpc) is 3.44. The number of pyridine rings is 1. The third-order valence-corrected chi connectivity index (χ3v) is 6.31. The number of hydrogen-bond acceptors (Lipinski definition) is 4.